The van der Waals surface area contributed by atoms with E-state index >= 15 is 0 Å². The van der Waals surface area contributed by atoms with Gasteiger partial charge < -0.3 is 52.5 Å². The maximum absolute atomic E-state index is 13.4. The number of aliphatic hydroxyl groups is 1. The Labute approximate surface area is 712 Å². The average molecular weight is 1730 g/mol. The van der Waals surface area contributed by atoms with Crippen LogP contribution < -0.4 is 0 Å². The van der Waals surface area contributed by atoms with Crippen molar-refractivity contribution >= 4 is 105 Å². The highest BCUT2D eigenvalue weighted by atomic mass is 79.9. The van der Waals surface area contributed by atoms with Crippen LogP contribution in [0.3, 0.4) is 0 Å². The number of halogens is 1. The van der Waals surface area contributed by atoms with Crippen molar-refractivity contribution in [2.75, 3.05) is 19.8 Å². The lowest BCUT2D eigenvalue weighted by molar-refractivity contribution is -0.139. The van der Waals surface area contributed by atoms with E-state index in [1.807, 2.05) is 75.3 Å². The minimum Gasteiger partial charge on any atom is -0.461 e. The fourth-order valence-corrected chi connectivity index (χ4v) is 15.2. The van der Waals surface area contributed by atoms with Gasteiger partial charge in [0.15, 0.2) is 48.3 Å². The third kappa shape index (κ3) is 25.7. The second kappa shape index (κ2) is 43.1. The highest BCUT2D eigenvalue weighted by Gasteiger charge is 2.53. The molecule has 2 saturated heterocycles. The SMILES string of the molecule is Cc1ccc(C(=O)OC[C@@H]2SC(O)[C@H](OC(=O)c3ccc(C)cc3)[C@H]2OC(=O)c2ccc(C)cc2)cc1.Cc1ccc(C(=O)OC[C@@H]2SC(OC(=O)c3ccc(C)cc3)[C@H](OC(=O)c3ccc(C)cc3)[C@H]2OC(=O)c2ccc(C)cc2)cc1.Cc1ccc(C(=O)O[C@@H]([C@H](Br)COC(=O)C2=CCC(C)C=C2)[C@H](C=O)OC(=O)c2ccc(C)cc2)cc1. The largest absolute Gasteiger partial charge is 0.461 e. The van der Waals surface area contributed by atoms with E-state index in [1.54, 1.807) is 231 Å². The Morgan fingerprint density at radius 3 is 0.975 bits per heavy atom. The summed E-state index contributed by atoms with van der Waals surface area (Å²) in [4.78, 5) is 141. The molecule has 22 nitrogen and oxygen atoms in total. The predicted molar refractivity (Wildman–Crippen MR) is 455 cm³/mol. The van der Waals surface area contributed by atoms with Gasteiger partial charge in [-0.15, -0.1) is 23.5 Å². The first-order valence-electron chi connectivity index (χ1n) is 38.5. The Balaban J connectivity index is 0.000000191. The van der Waals surface area contributed by atoms with Gasteiger partial charge in [-0.3, -0.25) is 4.79 Å². The van der Waals surface area contributed by atoms with Crippen LogP contribution in [0.2, 0.25) is 0 Å². The van der Waals surface area contributed by atoms with Gasteiger partial charge in [-0.2, -0.15) is 0 Å². The number of thioether (sulfide) groups is 2. The van der Waals surface area contributed by atoms with E-state index in [4.69, 9.17) is 47.4 Å². The summed E-state index contributed by atoms with van der Waals surface area (Å²) in [5.74, 6) is -6.07. The normalized spacial score (nSPS) is 18.9. The molecule has 0 aromatic heterocycles. The molecule has 2 fully saturated rings. The summed E-state index contributed by atoms with van der Waals surface area (Å²) in [6.45, 7) is 18.5. The Morgan fingerprint density at radius 2 is 0.650 bits per heavy atom. The highest BCUT2D eigenvalue weighted by molar-refractivity contribution is 9.09. The van der Waals surface area contributed by atoms with Gasteiger partial charge in [0, 0.05) is 0 Å². The maximum Gasteiger partial charge on any atom is 0.339 e. The lowest BCUT2D eigenvalue weighted by atomic mass is 9.99. The topological polar surface area (TPSA) is 300 Å². The van der Waals surface area contributed by atoms with Gasteiger partial charge in [-0.1, -0.05) is 200 Å². The van der Waals surface area contributed by atoms with Gasteiger partial charge >= 0.3 is 59.7 Å². The van der Waals surface area contributed by atoms with Gasteiger partial charge in [0.2, 0.25) is 0 Å². The van der Waals surface area contributed by atoms with Crippen LogP contribution in [0.5, 0.6) is 0 Å². The summed E-state index contributed by atoms with van der Waals surface area (Å²) in [6.07, 6.45) is -0.757. The van der Waals surface area contributed by atoms with E-state index in [0.717, 1.165) is 80.0 Å². The van der Waals surface area contributed by atoms with Crippen molar-refractivity contribution in [3.63, 3.8) is 0 Å². The zero-order valence-corrected chi connectivity index (χ0v) is 70.8. The number of ether oxygens (including phenoxy) is 10. The third-order valence-electron chi connectivity index (χ3n) is 19.3. The zero-order valence-electron chi connectivity index (χ0n) is 67.6. The number of benzene rings is 9. The molecular formula is C95H91BrO22S2. The molecule has 0 saturated carbocycles. The Hall–Kier alpha value is -12.0. The number of alkyl halides is 1. The molecule has 1 aliphatic carbocycles. The standard InChI is InChI=1S/C37H34O8S.C29H29BrO7.C29H28O7S/c1-22-5-13-26(14-6-22)33(38)42-21-30-31(43-34(39)27-15-7-23(2)8-16-27)32(44-35(40)28-17-9-24(3)10-18-28)37(46-30)45-36(41)29-19-11-25(4)12-20-29;1-18-4-10-21(11-5-18)27(32)35-17-24(30)26(37-29(34)23-14-8-20(3)9-15-23)25(16-31)36-28(33)22-12-6-19(2)7-13-22;1-17-4-10-20(11-5-17)26(30)34-16-23-24(35-27(31)21-12-6-18(2)7-13-21)25(29(33)37-23)36-28(32)22-14-8-19(3)9-15-22/h5-20,30-32,37H,21H2,1-4H3;4,6-16,18,24-26H,5,17H2,1-3H3;4-15,23-25,29,33H,16H2,1-3H3/t30-,31-,32+,37?;18?,24-,25+,26+;23-,24-,25+,29?/m010/s1. The number of hydrogen-bond donors (Lipinski definition) is 1. The van der Waals surface area contributed by atoms with Crippen molar-refractivity contribution in [1.82, 2.24) is 0 Å². The molecule has 2 aliphatic heterocycles. The first-order valence-corrected chi connectivity index (χ1v) is 41.3. The number of aldehydes is 1. The minimum atomic E-state index is -1.46. The number of aliphatic hydroxyl groups excluding tert-OH is 1. The summed E-state index contributed by atoms with van der Waals surface area (Å²) in [5.41, 5.74) is 9.62. The fraction of sp³-hybridized carbons (Fsp3) is 0.274. The molecule has 622 valence electrons. The molecule has 2 heterocycles. The number of carbonyl (C=O) groups is 11. The number of aryl methyl sites for hydroxylation is 9. The first kappa shape index (κ1) is 90.3. The Morgan fingerprint density at radius 1 is 0.367 bits per heavy atom. The molecule has 3 aliphatic rings. The Bertz CT molecular complexity index is 5150. The number of carbonyl (C=O) groups excluding carboxylic acids is 11. The van der Waals surface area contributed by atoms with E-state index in [9.17, 15) is 57.8 Å². The zero-order chi connectivity index (χ0) is 86.3. The molecule has 12 rings (SSSR count). The highest BCUT2D eigenvalue weighted by Crippen LogP contribution is 2.42. The summed E-state index contributed by atoms with van der Waals surface area (Å²) in [5, 5.41) is 9.36. The smallest absolute Gasteiger partial charge is 0.339 e. The number of esters is 10. The third-order valence-corrected chi connectivity index (χ3v) is 22.8. The quantitative estimate of drug-likeness (QED) is 0.0228. The van der Waals surface area contributed by atoms with Crippen LogP contribution in [0.15, 0.2) is 242 Å². The molecule has 0 bridgehead atoms. The van der Waals surface area contributed by atoms with Crippen LogP contribution in [-0.4, -0.2) is 154 Å². The van der Waals surface area contributed by atoms with Crippen LogP contribution in [0, 0.1) is 68.2 Å². The molecular weight excluding hydrogens is 1640 g/mol. The van der Waals surface area contributed by atoms with Crippen molar-refractivity contribution in [3.8, 4) is 0 Å². The molecule has 3 unspecified atom stereocenters. The second-order valence-corrected chi connectivity index (χ2v) is 33.1. The lowest BCUT2D eigenvalue weighted by Gasteiger charge is -2.27. The minimum absolute atomic E-state index is 0.154. The van der Waals surface area contributed by atoms with Crippen LogP contribution in [0.1, 0.15) is 157 Å². The van der Waals surface area contributed by atoms with E-state index in [2.05, 4.69) is 15.9 Å². The predicted octanol–water partition coefficient (Wildman–Crippen LogP) is 16.6. The van der Waals surface area contributed by atoms with E-state index in [0.29, 0.717) is 45.6 Å². The molecule has 12 atom stereocenters. The van der Waals surface area contributed by atoms with Gasteiger partial charge in [0.25, 0.3) is 0 Å². The number of hydrogen-bond acceptors (Lipinski definition) is 24. The summed E-state index contributed by atoms with van der Waals surface area (Å²) >= 11 is 5.50. The van der Waals surface area contributed by atoms with Gasteiger partial charge in [-0.05, 0) is 184 Å². The maximum atomic E-state index is 13.4. The average Bonchev–Trinajstić information content (AvgIpc) is 1.66. The number of allylic oxidation sites excluding steroid dienone is 2. The van der Waals surface area contributed by atoms with E-state index in [1.165, 1.54) is 0 Å². The summed E-state index contributed by atoms with van der Waals surface area (Å²) < 4.78 is 56.8. The van der Waals surface area contributed by atoms with Gasteiger partial charge in [0.1, 0.15) is 25.3 Å². The second-order valence-electron chi connectivity index (χ2n) is 29.2. The van der Waals surface area contributed by atoms with Crippen LogP contribution >= 0.6 is 39.5 Å². The molecule has 0 radical (unpaired) electrons. The van der Waals surface area contributed by atoms with E-state index in [-0.39, 0.29) is 42.1 Å². The number of rotatable bonds is 26. The van der Waals surface area contributed by atoms with Gasteiger partial charge in [-0.25, -0.2) is 47.9 Å². The summed E-state index contributed by atoms with van der Waals surface area (Å²) in [7, 11) is 0. The first-order chi connectivity index (χ1) is 57.4. The molecule has 9 aromatic carbocycles. The monoisotopic (exact) mass is 1730 g/mol. The summed E-state index contributed by atoms with van der Waals surface area (Å²) in [6, 6.07) is 61.3. The molecule has 25 heteroatoms. The molecule has 9 aromatic rings. The van der Waals surface area contributed by atoms with Crippen LogP contribution in [-0.2, 0) is 57.0 Å². The fourth-order valence-electron chi connectivity index (χ4n) is 12.0. The van der Waals surface area contributed by atoms with Crippen molar-refractivity contribution in [3.05, 3.63) is 342 Å². The van der Waals surface area contributed by atoms with Crippen molar-refractivity contribution in [2.24, 2.45) is 5.92 Å². The molecule has 1 N–H and O–H groups in total. The molecule has 0 amide bonds. The molecule has 0 spiro atoms. The van der Waals surface area contributed by atoms with Crippen molar-refractivity contribution in [1.29, 1.82) is 0 Å². The van der Waals surface area contributed by atoms with E-state index < -0.39 is 123 Å². The Kier molecular flexibility index (Phi) is 32.4. The molecule has 120 heavy (non-hydrogen) atoms. The van der Waals surface area contributed by atoms with Crippen molar-refractivity contribution < 1.29 is 105 Å². The lowest BCUT2D eigenvalue weighted by Crippen LogP contribution is -2.44. The van der Waals surface area contributed by atoms with Crippen LogP contribution in [0.4, 0.5) is 0 Å². The van der Waals surface area contributed by atoms with Crippen molar-refractivity contribution in [2.45, 2.75) is 138 Å². The van der Waals surface area contributed by atoms with Crippen LogP contribution in [0.25, 0.3) is 0 Å². The van der Waals surface area contributed by atoms with Gasteiger partial charge in [0.05, 0.1) is 71.0 Å².